The molecular weight excluding hydrogens is 433 g/mol. The summed E-state index contributed by atoms with van der Waals surface area (Å²) in [6.07, 6.45) is 0.856. The molecule has 1 saturated heterocycles. The molecule has 1 atom stereocenters. The third-order valence-electron chi connectivity index (χ3n) is 6.08. The topological polar surface area (TPSA) is 56.8 Å². The van der Waals surface area contributed by atoms with Crippen LogP contribution in [0.5, 0.6) is 0 Å². The van der Waals surface area contributed by atoms with E-state index in [4.69, 9.17) is 0 Å². The first kappa shape index (κ1) is 22.8. The van der Waals surface area contributed by atoms with Gasteiger partial charge in [-0.15, -0.1) is 0 Å². The third-order valence-corrected chi connectivity index (χ3v) is 6.08. The van der Waals surface area contributed by atoms with Crippen LogP contribution in [0.3, 0.4) is 0 Å². The lowest BCUT2D eigenvalue weighted by Crippen LogP contribution is -2.39. The van der Waals surface area contributed by atoms with E-state index in [-0.39, 0.29) is 24.3 Å². The maximum atomic E-state index is 13.2. The Morgan fingerprint density at radius 2 is 1.85 bits per heavy atom. The van der Waals surface area contributed by atoms with E-state index >= 15 is 0 Å². The summed E-state index contributed by atoms with van der Waals surface area (Å²) in [7, 11) is 0. The van der Waals surface area contributed by atoms with Gasteiger partial charge < -0.3 is 14.7 Å². The number of halogens is 3. The van der Waals surface area contributed by atoms with Crippen molar-refractivity contribution in [1.82, 2.24) is 14.8 Å². The van der Waals surface area contributed by atoms with Crippen molar-refractivity contribution >= 4 is 23.7 Å². The Hall–Kier alpha value is -3.36. The quantitative estimate of drug-likeness (QED) is 0.695. The molecule has 4 rings (SSSR count). The van der Waals surface area contributed by atoms with E-state index in [0.29, 0.717) is 38.4 Å². The van der Waals surface area contributed by atoms with E-state index in [2.05, 4.69) is 4.98 Å². The molecule has 1 aromatic carbocycles. The molecule has 2 aromatic rings. The van der Waals surface area contributed by atoms with E-state index in [1.54, 1.807) is 16.0 Å². The zero-order valence-electron chi connectivity index (χ0n) is 18.3. The van der Waals surface area contributed by atoms with Crippen molar-refractivity contribution in [3.63, 3.8) is 0 Å². The van der Waals surface area contributed by atoms with Gasteiger partial charge in [0.2, 0.25) is 11.8 Å². The Kier molecular flexibility index (Phi) is 6.40. The number of hydrogen-bond acceptors (Lipinski definition) is 4. The van der Waals surface area contributed by atoms with Crippen molar-refractivity contribution in [2.75, 3.05) is 31.1 Å². The first-order valence-electron chi connectivity index (χ1n) is 10.9. The molecule has 33 heavy (non-hydrogen) atoms. The smallest absolute Gasteiger partial charge is 0.355 e. The highest BCUT2D eigenvalue weighted by Crippen LogP contribution is 2.33. The van der Waals surface area contributed by atoms with Crippen LogP contribution in [-0.4, -0.2) is 52.8 Å². The summed E-state index contributed by atoms with van der Waals surface area (Å²) >= 11 is 0. The number of carbonyl (C=O) groups is 2. The number of pyridine rings is 1. The highest BCUT2D eigenvalue weighted by atomic mass is 19.4. The second-order valence-electron chi connectivity index (χ2n) is 8.22. The highest BCUT2D eigenvalue weighted by molar-refractivity contribution is 5.82. The van der Waals surface area contributed by atoms with Crippen LogP contribution in [0.25, 0.3) is 6.08 Å². The van der Waals surface area contributed by atoms with Crippen LogP contribution in [0, 0.1) is 0 Å². The number of amides is 2. The average molecular weight is 458 g/mol. The van der Waals surface area contributed by atoms with Gasteiger partial charge in [-0.2, -0.15) is 13.2 Å². The Morgan fingerprint density at radius 3 is 2.55 bits per heavy atom. The van der Waals surface area contributed by atoms with Gasteiger partial charge in [0, 0.05) is 45.5 Å². The van der Waals surface area contributed by atoms with Gasteiger partial charge in [-0.05, 0) is 35.8 Å². The molecule has 1 aromatic heterocycles. The molecule has 0 saturated carbocycles. The summed E-state index contributed by atoms with van der Waals surface area (Å²) in [5.74, 6) is 0.277. The van der Waals surface area contributed by atoms with Crippen LogP contribution in [0.2, 0.25) is 0 Å². The molecule has 6 nitrogen and oxygen atoms in total. The van der Waals surface area contributed by atoms with Crippen molar-refractivity contribution in [2.24, 2.45) is 0 Å². The molecule has 2 aliphatic heterocycles. The van der Waals surface area contributed by atoms with Crippen LogP contribution < -0.4 is 4.90 Å². The molecule has 9 heteroatoms. The second-order valence-corrected chi connectivity index (χ2v) is 8.22. The molecule has 3 heterocycles. The average Bonchev–Trinajstić information content (AvgIpc) is 3.05. The van der Waals surface area contributed by atoms with Gasteiger partial charge in [0.25, 0.3) is 0 Å². The molecule has 0 aliphatic carbocycles. The highest BCUT2D eigenvalue weighted by Gasteiger charge is 2.32. The molecule has 1 unspecified atom stereocenters. The summed E-state index contributed by atoms with van der Waals surface area (Å²) in [5, 5.41) is 0. The number of nitrogens with zero attached hydrogens (tertiary/aromatic N) is 4. The maximum absolute atomic E-state index is 13.2. The van der Waals surface area contributed by atoms with Crippen molar-refractivity contribution < 1.29 is 22.8 Å². The van der Waals surface area contributed by atoms with Gasteiger partial charge in [0.15, 0.2) is 0 Å². The lowest BCUT2D eigenvalue weighted by Gasteiger charge is -2.33. The summed E-state index contributed by atoms with van der Waals surface area (Å²) in [4.78, 5) is 34.6. The fourth-order valence-electron chi connectivity index (χ4n) is 4.34. The minimum absolute atomic E-state index is 0.0569. The fourth-order valence-corrected chi connectivity index (χ4v) is 4.34. The maximum Gasteiger partial charge on any atom is 0.417 e. The van der Waals surface area contributed by atoms with Crippen molar-refractivity contribution in [2.45, 2.75) is 32.0 Å². The number of fused-ring (bicyclic) bond motifs is 1. The standard InChI is InChI=1S/C24H25F3N4O2/c1-17(32)31-12-9-18-5-2-3-6-20(18)21(31)15-23(33)30-11-4-10-29(13-14-30)22-8-7-19(16-28-22)24(25,26)27/h2-3,5-9,12,16,21H,4,10-11,13-15H2,1H3. The number of hydrogen-bond donors (Lipinski definition) is 0. The van der Waals surface area contributed by atoms with Crippen LogP contribution in [0.4, 0.5) is 19.0 Å². The normalized spacial score (nSPS) is 18.7. The lowest BCUT2D eigenvalue weighted by molar-refractivity contribution is -0.138. The molecule has 0 N–H and O–H groups in total. The minimum atomic E-state index is -4.42. The van der Waals surface area contributed by atoms with Gasteiger partial charge >= 0.3 is 6.18 Å². The molecule has 2 amide bonds. The molecule has 0 spiro atoms. The van der Waals surface area contributed by atoms with Crippen LogP contribution >= 0.6 is 0 Å². The Morgan fingerprint density at radius 1 is 1.06 bits per heavy atom. The van der Waals surface area contributed by atoms with Crippen molar-refractivity contribution in [1.29, 1.82) is 0 Å². The Labute approximate surface area is 190 Å². The number of rotatable bonds is 3. The molecule has 2 aliphatic rings. The van der Waals surface area contributed by atoms with Gasteiger partial charge in [0.05, 0.1) is 18.0 Å². The predicted molar refractivity (Wildman–Crippen MR) is 118 cm³/mol. The van der Waals surface area contributed by atoms with E-state index in [0.717, 1.165) is 23.4 Å². The van der Waals surface area contributed by atoms with E-state index in [1.807, 2.05) is 35.2 Å². The van der Waals surface area contributed by atoms with Gasteiger partial charge in [0.1, 0.15) is 5.82 Å². The predicted octanol–water partition coefficient (Wildman–Crippen LogP) is 4.10. The monoisotopic (exact) mass is 458 g/mol. The Bertz CT molecular complexity index is 1050. The van der Waals surface area contributed by atoms with Gasteiger partial charge in [-0.1, -0.05) is 24.3 Å². The number of carbonyl (C=O) groups excluding carboxylic acids is 2. The van der Waals surface area contributed by atoms with Crippen LogP contribution in [0.15, 0.2) is 48.8 Å². The van der Waals surface area contributed by atoms with Crippen molar-refractivity contribution in [3.8, 4) is 0 Å². The molecule has 0 radical (unpaired) electrons. The summed E-state index contributed by atoms with van der Waals surface area (Å²) in [5.41, 5.74) is 1.15. The summed E-state index contributed by atoms with van der Waals surface area (Å²) < 4.78 is 38.4. The number of benzene rings is 1. The van der Waals surface area contributed by atoms with E-state index < -0.39 is 11.7 Å². The number of aromatic nitrogens is 1. The molecule has 0 bridgehead atoms. The summed E-state index contributed by atoms with van der Waals surface area (Å²) in [6.45, 7) is 3.53. The van der Waals surface area contributed by atoms with Gasteiger partial charge in [-0.25, -0.2) is 4.98 Å². The molecule has 174 valence electrons. The minimum Gasteiger partial charge on any atom is -0.355 e. The molecule has 1 fully saturated rings. The van der Waals surface area contributed by atoms with E-state index in [9.17, 15) is 22.8 Å². The largest absolute Gasteiger partial charge is 0.417 e. The first-order chi connectivity index (χ1) is 15.7. The lowest BCUT2D eigenvalue weighted by atomic mass is 9.93. The second kappa shape index (κ2) is 9.25. The molecular formula is C24H25F3N4O2. The van der Waals surface area contributed by atoms with Crippen LogP contribution in [-0.2, 0) is 15.8 Å². The van der Waals surface area contributed by atoms with Crippen LogP contribution in [0.1, 0.15) is 42.5 Å². The number of alkyl halides is 3. The third kappa shape index (κ3) is 5.02. The van der Waals surface area contributed by atoms with Gasteiger partial charge in [-0.3, -0.25) is 9.59 Å². The number of anilines is 1. The SMILES string of the molecule is CC(=O)N1C=Cc2ccccc2C1CC(=O)N1CCCN(c2ccc(C(F)(F)F)cn2)CC1. The first-order valence-corrected chi connectivity index (χ1v) is 10.9. The van der Waals surface area contributed by atoms with E-state index in [1.165, 1.54) is 13.0 Å². The Balaban J connectivity index is 1.43. The zero-order chi connectivity index (χ0) is 23.6. The fraction of sp³-hybridized carbons (Fsp3) is 0.375. The van der Waals surface area contributed by atoms with Crippen molar-refractivity contribution in [3.05, 3.63) is 65.5 Å². The summed E-state index contributed by atoms with van der Waals surface area (Å²) in [6, 6.07) is 9.75. The zero-order valence-corrected chi connectivity index (χ0v) is 18.3.